The van der Waals surface area contributed by atoms with Gasteiger partial charge in [-0.1, -0.05) is 64.6 Å². The Balaban J connectivity index is 2.42. The summed E-state index contributed by atoms with van der Waals surface area (Å²) in [6, 6.07) is 7.16. The number of rotatable bonds is 0. The molecule has 6 heteroatoms. The van der Waals surface area contributed by atoms with Crippen LogP contribution in [-0.4, -0.2) is 9.04 Å². The predicted octanol–water partition coefficient (Wildman–Crippen LogP) is 3.86. The van der Waals surface area contributed by atoms with Crippen molar-refractivity contribution < 1.29 is 9.47 Å². The van der Waals surface area contributed by atoms with Crippen LogP contribution in [-0.2, 0) is 11.3 Å². The second-order valence-electron chi connectivity index (χ2n) is 3.03. The van der Waals surface area contributed by atoms with Gasteiger partial charge in [-0.25, -0.2) is 0 Å². The van der Waals surface area contributed by atoms with Crippen LogP contribution in [0.5, 0.6) is 5.75 Å². The standard InChI is InChI=1S/C9H6Cl4O2/c10-8(11)9(12,13)15-7-4-2-1-3-6(7)5-14-8/h1-4H,5H2. The summed E-state index contributed by atoms with van der Waals surface area (Å²) in [5, 5.41) is 0. The molecule has 0 radical (unpaired) electrons. The normalized spacial score (nSPS) is 22.4. The molecule has 0 saturated heterocycles. The number of para-hydroxylation sites is 1. The van der Waals surface area contributed by atoms with Gasteiger partial charge in [-0.15, -0.1) is 0 Å². The van der Waals surface area contributed by atoms with Crippen molar-refractivity contribution >= 4 is 46.4 Å². The summed E-state index contributed by atoms with van der Waals surface area (Å²) in [6.45, 7) is 0.185. The summed E-state index contributed by atoms with van der Waals surface area (Å²) >= 11 is 23.3. The first kappa shape index (κ1) is 11.6. The van der Waals surface area contributed by atoms with Crippen LogP contribution in [0.3, 0.4) is 0 Å². The summed E-state index contributed by atoms with van der Waals surface area (Å²) in [7, 11) is 0. The molecule has 1 aliphatic heterocycles. The van der Waals surface area contributed by atoms with Gasteiger partial charge in [0.05, 0.1) is 6.61 Å². The second kappa shape index (κ2) is 3.86. The van der Waals surface area contributed by atoms with Crippen molar-refractivity contribution in [1.82, 2.24) is 0 Å². The minimum atomic E-state index is -1.84. The number of hydrogen-bond donors (Lipinski definition) is 0. The third-order valence-electron chi connectivity index (χ3n) is 1.96. The Labute approximate surface area is 107 Å². The molecule has 2 nitrogen and oxygen atoms in total. The van der Waals surface area contributed by atoms with Gasteiger partial charge >= 0.3 is 4.52 Å². The van der Waals surface area contributed by atoms with Crippen molar-refractivity contribution in [2.75, 3.05) is 0 Å². The van der Waals surface area contributed by atoms with E-state index >= 15 is 0 Å². The highest BCUT2D eigenvalue weighted by atomic mass is 35.5. The molecule has 0 aromatic heterocycles. The third-order valence-corrected chi connectivity index (χ3v) is 3.78. The van der Waals surface area contributed by atoms with Gasteiger partial charge in [-0.05, 0) is 6.07 Å². The first-order valence-electron chi connectivity index (χ1n) is 4.09. The molecule has 0 spiro atoms. The monoisotopic (exact) mass is 286 g/mol. The molecular weight excluding hydrogens is 282 g/mol. The van der Waals surface area contributed by atoms with Gasteiger partial charge in [0.25, 0.3) is 4.52 Å². The van der Waals surface area contributed by atoms with Crippen LogP contribution < -0.4 is 4.74 Å². The largest absolute Gasteiger partial charge is 0.453 e. The molecule has 15 heavy (non-hydrogen) atoms. The van der Waals surface area contributed by atoms with E-state index in [-0.39, 0.29) is 6.61 Å². The maximum absolute atomic E-state index is 5.85. The summed E-state index contributed by atoms with van der Waals surface area (Å²) in [4.78, 5) is 0. The number of ether oxygens (including phenoxy) is 2. The lowest BCUT2D eigenvalue weighted by Gasteiger charge is -2.29. The molecule has 0 aliphatic carbocycles. The van der Waals surface area contributed by atoms with Crippen molar-refractivity contribution in [3.05, 3.63) is 29.8 Å². The highest BCUT2D eigenvalue weighted by Crippen LogP contribution is 2.48. The van der Waals surface area contributed by atoms with E-state index in [4.69, 9.17) is 55.9 Å². The maximum atomic E-state index is 5.85. The molecule has 0 bridgehead atoms. The molecular formula is C9H6Cl4O2. The number of alkyl halides is 4. The molecule has 1 aromatic rings. The zero-order chi connectivity index (χ0) is 11.1. The first-order chi connectivity index (χ1) is 6.92. The van der Waals surface area contributed by atoms with Gasteiger partial charge in [0, 0.05) is 5.56 Å². The van der Waals surface area contributed by atoms with E-state index in [0.29, 0.717) is 5.75 Å². The Morgan fingerprint density at radius 3 is 2.40 bits per heavy atom. The smallest absolute Gasteiger partial charge is 0.317 e. The van der Waals surface area contributed by atoms with Gasteiger partial charge < -0.3 is 9.47 Å². The van der Waals surface area contributed by atoms with Crippen molar-refractivity contribution in [3.8, 4) is 5.75 Å². The zero-order valence-corrected chi connectivity index (χ0v) is 10.4. The number of benzene rings is 1. The third kappa shape index (κ3) is 2.15. The lowest BCUT2D eigenvalue weighted by Crippen LogP contribution is -2.42. The Hall–Kier alpha value is 0.140. The van der Waals surface area contributed by atoms with Crippen LogP contribution in [0.25, 0.3) is 0 Å². The van der Waals surface area contributed by atoms with Gasteiger partial charge in [-0.3, -0.25) is 0 Å². The van der Waals surface area contributed by atoms with E-state index in [1.165, 1.54) is 0 Å². The van der Waals surface area contributed by atoms with E-state index in [1.807, 2.05) is 12.1 Å². The summed E-state index contributed by atoms with van der Waals surface area (Å²) < 4.78 is 6.82. The molecule has 82 valence electrons. The fourth-order valence-corrected chi connectivity index (χ4v) is 1.63. The molecule has 0 amide bonds. The Kier molecular flexibility index (Phi) is 2.99. The quantitative estimate of drug-likeness (QED) is 0.675. The van der Waals surface area contributed by atoms with Crippen LogP contribution in [0, 0.1) is 0 Å². The average molecular weight is 288 g/mol. The SMILES string of the molecule is ClC1(Cl)OCc2ccccc2OC1(Cl)Cl. The minimum Gasteiger partial charge on any atom is -0.453 e. The summed E-state index contributed by atoms with van der Waals surface area (Å²) in [6.07, 6.45) is 0. The summed E-state index contributed by atoms with van der Waals surface area (Å²) in [5.41, 5.74) is 0.784. The van der Waals surface area contributed by atoms with Gasteiger partial charge in [0.2, 0.25) is 0 Å². The topological polar surface area (TPSA) is 18.5 Å². The molecule has 1 aliphatic rings. The van der Waals surface area contributed by atoms with E-state index in [0.717, 1.165) is 5.56 Å². The van der Waals surface area contributed by atoms with Crippen LogP contribution in [0.4, 0.5) is 0 Å². The van der Waals surface area contributed by atoms with Crippen molar-refractivity contribution in [1.29, 1.82) is 0 Å². The van der Waals surface area contributed by atoms with Crippen molar-refractivity contribution in [3.63, 3.8) is 0 Å². The molecule has 2 rings (SSSR count). The molecule has 0 saturated carbocycles. The molecule has 1 heterocycles. The van der Waals surface area contributed by atoms with E-state index < -0.39 is 9.04 Å². The summed E-state index contributed by atoms with van der Waals surface area (Å²) in [5.74, 6) is 0.505. The molecule has 0 unspecified atom stereocenters. The second-order valence-corrected chi connectivity index (χ2v) is 5.55. The highest BCUT2D eigenvalue weighted by Gasteiger charge is 2.53. The van der Waals surface area contributed by atoms with Gasteiger partial charge in [0.15, 0.2) is 0 Å². The maximum Gasteiger partial charge on any atom is 0.317 e. The highest BCUT2D eigenvalue weighted by molar-refractivity contribution is 6.61. The molecule has 1 aromatic carbocycles. The van der Waals surface area contributed by atoms with Crippen molar-refractivity contribution in [2.24, 2.45) is 0 Å². The van der Waals surface area contributed by atoms with E-state index in [1.54, 1.807) is 12.1 Å². The van der Waals surface area contributed by atoms with Crippen LogP contribution >= 0.6 is 46.4 Å². The number of halogens is 4. The van der Waals surface area contributed by atoms with Crippen LogP contribution in [0.1, 0.15) is 5.56 Å². The Morgan fingerprint density at radius 2 is 1.67 bits per heavy atom. The fraction of sp³-hybridized carbons (Fsp3) is 0.333. The van der Waals surface area contributed by atoms with Crippen LogP contribution in [0.2, 0.25) is 0 Å². The van der Waals surface area contributed by atoms with Gasteiger partial charge in [0.1, 0.15) is 5.75 Å². The Bertz CT molecular complexity index is 378. The minimum absolute atomic E-state index is 0.185. The number of hydrogen-bond acceptors (Lipinski definition) is 2. The molecule has 0 N–H and O–H groups in total. The van der Waals surface area contributed by atoms with E-state index in [9.17, 15) is 0 Å². The lowest BCUT2D eigenvalue weighted by atomic mass is 10.2. The fourth-order valence-electron chi connectivity index (χ4n) is 1.17. The lowest BCUT2D eigenvalue weighted by molar-refractivity contribution is 0.0161. The van der Waals surface area contributed by atoms with Gasteiger partial charge in [-0.2, -0.15) is 0 Å². The molecule has 0 fully saturated rings. The van der Waals surface area contributed by atoms with E-state index in [2.05, 4.69) is 0 Å². The average Bonchev–Trinajstić information content (AvgIpc) is 2.23. The van der Waals surface area contributed by atoms with Crippen molar-refractivity contribution in [2.45, 2.75) is 15.6 Å². The zero-order valence-electron chi connectivity index (χ0n) is 7.34. The first-order valence-corrected chi connectivity index (χ1v) is 5.60. The number of fused-ring (bicyclic) bond motifs is 1. The predicted molar refractivity (Wildman–Crippen MR) is 60.7 cm³/mol. The van der Waals surface area contributed by atoms with Crippen LogP contribution in [0.15, 0.2) is 24.3 Å². The molecule has 0 atom stereocenters. The Morgan fingerprint density at radius 1 is 1.00 bits per heavy atom.